The van der Waals surface area contributed by atoms with Crippen LogP contribution in [0.15, 0.2) is 79.9 Å². The van der Waals surface area contributed by atoms with E-state index in [9.17, 15) is 14.4 Å². The molecule has 0 radical (unpaired) electrons. The van der Waals surface area contributed by atoms with Crippen LogP contribution in [0.1, 0.15) is 76.2 Å². The molecule has 6 rings (SSSR count). The lowest BCUT2D eigenvalue weighted by Gasteiger charge is -2.06. The molecule has 0 atom stereocenters. The van der Waals surface area contributed by atoms with Crippen LogP contribution in [0.2, 0.25) is 10.0 Å². The van der Waals surface area contributed by atoms with Crippen LogP contribution in [-0.4, -0.2) is 65.6 Å². The van der Waals surface area contributed by atoms with Gasteiger partial charge in [0.1, 0.15) is 28.3 Å². The Bertz CT molecular complexity index is 2180. The zero-order valence-electron chi connectivity index (χ0n) is 27.4. The third-order valence-electron chi connectivity index (χ3n) is 7.28. The van der Waals surface area contributed by atoms with Crippen molar-refractivity contribution in [2.45, 2.75) is 41.3 Å². The van der Waals surface area contributed by atoms with E-state index in [0.717, 1.165) is 32.9 Å². The van der Waals surface area contributed by atoms with Gasteiger partial charge in [-0.2, -0.15) is 10.2 Å². The van der Waals surface area contributed by atoms with Gasteiger partial charge < -0.3 is 14.6 Å². The highest BCUT2D eigenvalue weighted by atomic mass is 35.5. The molecule has 0 saturated carbocycles. The van der Waals surface area contributed by atoms with Crippen LogP contribution < -0.4 is 0 Å². The van der Waals surface area contributed by atoms with E-state index in [1.807, 2.05) is 49.4 Å². The lowest BCUT2D eigenvalue weighted by atomic mass is 10.1. The molecule has 4 heterocycles. The minimum atomic E-state index is -1.17. The van der Waals surface area contributed by atoms with E-state index in [4.69, 9.17) is 37.8 Å². The monoisotopic (exact) mass is 730 g/mol. The van der Waals surface area contributed by atoms with Gasteiger partial charge in [-0.1, -0.05) is 49.3 Å². The van der Waals surface area contributed by atoms with E-state index in [1.54, 1.807) is 36.3 Å². The molecular weight excluding hydrogens is 695 g/mol. The predicted octanol–water partition coefficient (Wildman–Crippen LogP) is 7.99. The minimum Gasteiger partial charge on any atom is -0.492 e. The van der Waals surface area contributed by atoms with Gasteiger partial charge in [0.15, 0.2) is 5.78 Å². The molecule has 1 N–H and O–H groups in total. The highest BCUT2D eigenvalue weighted by Crippen LogP contribution is 2.22. The second-order valence-corrected chi connectivity index (χ2v) is 11.8. The first-order valence-electron chi connectivity index (χ1n) is 15.4. The number of nitrogens with zero attached hydrogens (tertiary/aromatic N) is 6. The fraction of sp³-hybridized carbons (Fsp3) is 0.216. The Balaban J connectivity index is 0.000000227. The first-order valence-corrected chi connectivity index (χ1v) is 16.2. The summed E-state index contributed by atoms with van der Waals surface area (Å²) in [5.41, 5.74) is 4.16. The van der Waals surface area contributed by atoms with E-state index >= 15 is 0 Å². The van der Waals surface area contributed by atoms with Crippen molar-refractivity contribution in [3.63, 3.8) is 0 Å². The Morgan fingerprint density at radius 1 is 0.765 bits per heavy atom. The van der Waals surface area contributed by atoms with Crippen LogP contribution in [0, 0.1) is 0 Å². The lowest BCUT2D eigenvalue weighted by Crippen LogP contribution is -2.07. The van der Waals surface area contributed by atoms with Gasteiger partial charge in [0.05, 0.1) is 47.4 Å². The third-order valence-corrected chi connectivity index (χ3v) is 7.69. The average Bonchev–Trinajstić information content (AvgIpc) is 3.70. The summed E-state index contributed by atoms with van der Waals surface area (Å²) in [6.45, 7) is 10.3. The number of carbonyl (C=O) groups excluding carboxylic acids is 2. The molecule has 264 valence electrons. The highest BCUT2D eigenvalue weighted by Gasteiger charge is 2.21. The number of carbonyl (C=O) groups is 3. The number of benzene rings is 2. The van der Waals surface area contributed by atoms with Crippen LogP contribution in [-0.2, 0) is 22.6 Å². The first-order chi connectivity index (χ1) is 23.9. The number of fused-ring (bicyclic) bond motifs is 2. The lowest BCUT2D eigenvalue weighted by molar-refractivity contribution is 0.0524. The molecule has 0 aliphatic rings. The average molecular weight is 732 g/mol. The zero-order chi connectivity index (χ0) is 35.9. The van der Waals surface area contributed by atoms with E-state index < -0.39 is 11.9 Å². The fourth-order valence-corrected chi connectivity index (χ4v) is 5.44. The van der Waals surface area contributed by atoms with Crippen LogP contribution >= 0.6 is 23.2 Å². The van der Waals surface area contributed by atoms with Gasteiger partial charge in [-0.25, -0.2) is 9.59 Å². The van der Waals surface area contributed by atoms with Gasteiger partial charge in [0.25, 0.3) is 0 Å². The molecule has 0 aliphatic heterocycles. The van der Waals surface area contributed by atoms with Gasteiger partial charge in [-0.05, 0) is 61.4 Å². The molecule has 6 aromatic rings. The molecule has 2 aromatic carbocycles. The fourth-order valence-electron chi connectivity index (χ4n) is 5.11. The standard InChI is InChI=1S/C20H20ClN3O3.C16H12ClN3O3.CH4/c1-4-26-13(3)19-17(20(25)27-5-2)12-24(23-19)11-14-6-7-18-15(8-14)9-16(21)10-22-18;1-9(21)15-13(16(22)23)8-20(19-15)7-10-2-3-14-11(4-10)5-12(17)6-18-14;/h6-10,12H,3-5,11H2,1-2H3;2-6,8H,7H2,1H3,(H,22,23);1H4. The molecule has 12 nitrogen and oxygen atoms in total. The Kier molecular flexibility index (Phi) is 12.6. The molecule has 4 aromatic heterocycles. The number of aromatic nitrogens is 6. The Labute approximate surface area is 304 Å². The maximum absolute atomic E-state index is 12.3. The summed E-state index contributed by atoms with van der Waals surface area (Å²) in [5.74, 6) is -1.66. The van der Waals surface area contributed by atoms with E-state index in [0.29, 0.717) is 46.8 Å². The van der Waals surface area contributed by atoms with E-state index in [1.165, 1.54) is 17.8 Å². The summed E-state index contributed by atoms with van der Waals surface area (Å²) < 4.78 is 13.7. The number of ketones is 1. The molecule has 0 amide bonds. The third kappa shape index (κ3) is 9.35. The molecule has 0 spiro atoms. The van der Waals surface area contributed by atoms with Crippen molar-refractivity contribution in [1.82, 2.24) is 29.5 Å². The van der Waals surface area contributed by atoms with Gasteiger partial charge in [-0.15, -0.1) is 0 Å². The van der Waals surface area contributed by atoms with Crippen molar-refractivity contribution in [3.05, 3.63) is 124 Å². The van der Waals surface area contributed by atoms with Crippen molar-refractivity contribution in [2.75, 3.05) is 13.2 Å². The predicted molar refractivity (Wildman–Crippen MR) is 196 cm³/mol. The number of esters is 1. The SMILES string of the molecule is C.C=C(OCC)c1nn(Cc2ccc3ncc(Cl)cc3c2)cc1C(=O)OCC.CC(=O)c1nn(Cc2ccc3ncc(Cl)cc3c2)cc1C(=O)O. The molecular formula is C37H36Cl2N6O6. The van der Waals surface area contributed by atoms with Crippen molar-refractivity contribution in [2.24, 2.45) is 0 Å². The number of Topliss-reactive ketones (excluding diaryl/α,β-unsaturated/α-hetero) is 1. The van der Waals surface area contributed by atoms with Crippen molar-refractivity contribution in [1.29, 1.82) is 0 Å². The Morgan fingerprint density at radius 3 is 1.71 bits per heavy atom. The maximum atomic E-state index is 12.3. The number of aromatic carboxylic acids is 1. The van der Waals surface area contributed by atoms with E-state index in [2.05, 4.69) is 26.7 Å². The van der Waals surface area contributed by atoms with Crippen LogP contribution in [0.5, 0.6) is 0 Å². The van der Waals surface area contributed by atoms with Gasteiger partial charge in [0, 0.05) is 42.5 Å². The number of carboxylic acid groups (broad SMARTS) is 1. The maximum Gasteiger partial charge on any atom is 0.342 e. The molecule has 0 aliphatic carbocycles. The summed E-state index contributed by atoms with van der Waals surface area (Å²) >= 11 is 12.0. The van der Waals surface area contributed by atoms with Gasteiger partial charge in [-0.3, -0.25) is 24.1 Å². The number of hydrogen-bond donors (Lipinski definition) is 1. The molecule has 0 unspecified atom stereocenters. The van der Waals surface area contributed by atoms with Crippen LogP contribution in [0.4, 0.5) is 0 Å². The summed E-state index contributed by atoms with van der Waals surface area (Å²) in [4.78, 5) is 43.4. The quantitative estimate of drug-likeness (QED) is 0.0789. The highest BCUT2D eigenvalue weighted by molar-refractivity contribution is 6.31. The summed E-state index contributed by atoms with van der Waals surface area (Å²) in [7, 11) is 0. The molecule has 51 heavy (non-hydrogen) atoms. The van der Waals surface area contributed by atoms with Crippen molar-refractivity contribution in [3.8, 4) is 0 Å². The van der Waals surface area contributed by atoms with Crippen LogP contribution in [0.3, 0.4) is 0 Å². The number of halogens is 2. The second-order valence-electron chi connectivity index (χ2n) is 11.0. The molecule has 14 heteroatoms. The van der Waals surface area contributed by atoms with Gasteiger partial charge in [0.2, 0.25) is 0 Å². The van der Waals surface area contributed by atoms with Gasteiger partial charge >= 0.3 is 11.9 Å². The first kappa shape index (κ1) is 38.2. The number of hydrogen-bond acceptors (Lipinski definition) is 9. The number of carboxylic acids is 1. The van der Waals surface area contributed by atoms with Crippen LogP contribution in [0.25, 0.3) is 27.6 Å². The summed E-state index contributed by atoms with van der Waals surface area (Å²) in [6, 6.07) is 15.2. The topological polar surface area (TPSA) is 151 Å². The van der Waals surface area contributed by atoms with E-state index in [-0.39, 0.29) is 31.1 Å². The molecule has 0 saturated heterocycles. The number of ether oxygens (including phenoxy) is 2. The molecule has 0 bridgehead atoms. The number of rotatable bonds is 11. The Morgan fingerprint density at radius 2 is 1.25 bits per heavy atom. The van der Waals surface area contributed by atoms with Crippen molar-refractivity contribution < 1.29 is 29.0 Å². The smallest absolute Gasteiger partial charge is 0.342 e. The van der Waals surface area contributed by atoms with Crippen molar-refractivity contribution >= 4 is 68.5 Å². The Hall–Kier alpha value is -5.59. The second kappa shape index (κ2) is 16.9. The zero-order valence-corrected chi connectivity index (χ0v) is 28.9. The number of pyridine rings is 2. The summed E-state index contributed by atoms with van der Waals surface area (Å²) in [6.07, 6.45) is 6.21. The minimum absolute atomic E-state index is 0. The summed E-state index contributed by atoms with van der Waals surface area (Å²) in [5, 5.41) is 20.6. The molecule has 0 fully saturated rings. The normalized spacial score (nSPS) is 10.6. The largest absolute Gasteiger partial charge is 0.492 e.